The maximum Gasteiger partial charge on any atom is 0.239 e. The molecule has 2 N–H and O–H groups in total. The molecule has 4 rings (SSSR count). The summed E-state index contributed by atoms with van der Waals surface area (Å²) in [5.74, 6) is 0.182. The van der Waals surface area contributed by atoms with Gasteiger partial charge < -0.3 is 4.98 Å². The molecule has 27 heavy (non-hydrogen) atoms. The van der Waals surface area contributed by atoms with E-state index in [9.17, 15) is 4.79 Å². The molecule has 0 radical (unpaired) electrons. The number of fused-ring (bicyclic) bond motifs is 1. The molecule has 1 aromatic carbocycles. The third-order valence-corrected chi connectivity index (χ3v) is 5.65. The molecule has 0 atom stereocenters. The van der Waals surface area contributed by atoms with E-state index < -0.39 is 0 Å². The average molecular weight is 397 g/mol. The van der Waals surface area contributed by atoms with Gasteiger partial charge in [-0.3, -0.25) is 14.8 Å². The van der Waals surface area contributed by atoms with E-state index in [2.05, 4.69) is 32.8 Å². The minimum atomic E-state index is -0.0591. The Hall–Kier alpha value is -2.91. The van der Waals surface area contributed by atoms with Crippen LogP contribution >= 0.6 is 23.1 Å². The molecule has 0 saturated carbocycles. The quantitative estimate of drug-likeness (QED) is 0.367. The fourth-order valence-corrected chi connectivity index (χ4v) is 4.19. The van der Waals surface area contributed by atoms with Crippen molar-refractivity contribution >= 4 is 45.0 Å². The molecule has 1 amide bonds. The monoisotopic (exact) mass is 396 g/mol. The Bertz CT molecular complexity index is 1070. The SMILES string of the molecule is C=CCN(C(=O)CSc1ncn[nH]1)c1nc(-c2c[nH]c3ccccc23)cs1. The molecule has 0 bridgehead atoms. The molecule has 136 valence electrons. The zero-order chi connectivity index (χ0) is 18.6. The van der Waals surface area contributed by atoms with Gasteiger partial charge in [0.05, 0.1) is 11.4 Å². The number of benzene rings is 1. The minimum absolute atomic E-state index is 0.0591. The summed E-state index contributed by atoms with van der Waals surface area (Å²) in [4.78, 5) is 26.3. The highest BCUT2D eigenvalue weighted by Gasteiger charge is 2.20. The molecule has 0 aliphatic heterocycles. The minimum Gasteiger partial charge on any atom is -0.360 e. The number of thioether (sulfide) groups is 1. The summed E-state index contributed by atoms with van der Waals surface area (Å²) >= 11 is 2.75. The van der Waals surface area contributed by atoms with Crippen molar-refractivity contribution in [2.24, 2.45) is 0 Å². The first-order chi connectivity index (χ1) is 13.3. The van der Waals surface area contributed by atoms with Crippen LogP contribution in [0, 0.1) is 0 Å². The maximum absolute atomic E-state index is 12.7. The van der Waals surface area contributed by atoms with Crippen LogP contribution in [0.4, 0.5) is 5.13 Å². The molecule has 0 fully saturated rings. The van der Waals surface area contributed by atoms with E-state index in [4.69, 9.17) is 4.98 Å². The van der Waals surface area contributed by atoms with Crippen molar-refractivity contribution in [3.63, 3.8) is 0 Å². The number of nitrogens with one attached hydrogen (secondary N) is 2. The van der Waals surface area contributed by atoms with E-state index >= 15 is 0 Å². The Kier molecular flexibility index (Phi) is 5.03. The molecule has 0 aliphatic carbocycles. The molecule has 0 aliphatic rings. The summed E-state index contributed by atoms with van der Waals surface area (Å²) in [6.45, 7) is 4.16. The summed E-state index contributed by atoms with van der Waals surface area (Å²) < 4.78 is 0. The van der Waals surface area contributed by atoms with Crippen LogP contribution in [-0.2, 0) is 4.79 Å². The Balaban J connectivity index is 1.56. The second kappa shape index (κ2) is 7.77. The third kappa shape index (κ3) is 3.64. The van der Waals surface area contributed by atoms with Gasteiger partial charge in [-0.1, -0.05) is 36.0 Å². The number of anilines is 1. The average Bonchev–Trinajstić information content (AvgIpc) is 3.44. The Morgan fingerprint density at radius 3 is 3.07 bits per heavy atom. The number of amides is 1. The molecule has 7 nitrogen and oxygen atoms in total. The highest BCUT2D eigenvalue weighted by Crippen LogP contribution is 2.32. The number of para-hydroxylation sites is 1. The number of rotatable bonds is 7. The van der Waals surface area contributed by atoms with Crippen LogP contribution in [0.5, 0.6) is 0 Å². The van der Waals surface area contributed by atoms with Gasteiger partial charge in [0, 0.05) is 34.6 Å². The highest BCUT2D eigenvalue weighted by atomic mass is 32.2. The fourth-order valence-electron chi connectivity index (χ4n) is 2.68. The summed E-state index contributed by atoms with van der Waals surface area (Å²) in [6, 6.07) is 8.08. The lowest BCUT2D eigenvalue weighted by Gasteiger charge is -2.17. The highest BCUT2D eigenvalue weighted by molar-refractivity contribution is 7.99. The van der Waals surface area contributed by atoms with Crippen molar-refractivity contribution in [3.8, 4) is 11.3 Å². The van der Waals surface area contributed by atoms with E-state index in [-0.39, 0.29) is 11.7 Å². The molecule has 9 heteroatoms. The largest absolute Gasteiger partial charge is 0.360 e. The number of nitrogens with zero attached hydrogens (tertiary/aromatic N) is 4. The second-order valence-electron chi connectivity index (χ2n) is 5.64. The maximum atomic E-state index is 12.7. The molecule has 0 saturated heterocycles. The van der Waals surface area contributed by atoms with Crippen molar-refractivity contribution in [1.82, 2.24) is 25.1 Å². The van der Waals surface area contributed by atoms with Gasteiger partial charge in [-0.15, -0.1) is 17.9 Å². The Morgan fingerprint density at radius 1 is 1.37 bits per heavy atom. The van der Waals surface area contributed by atoms with Crippen molar-refractivity contribution in [2.45, 2.75) is 5.16 Å². The van der Waals surface area contributed by atoms with E-state index in [0.717, 1.165) is 22.2 Å². The van der Waals surface area contributed by atoms with E-state index in [0.29, 0.717) is 16.8 Å². The van der Waals surface area contributed by atoms with Crippen molar-refractivity contribution in [1.29, 1.82) is 0 Å². The number of thiazole rings is 1. The van der Waals surface area contributed by atoms with Gasteiger partial charge in [-0.2, -0.15) is 5.10 Å². The number of hydrogen-bond donors (Lipinski definition) is 2. The van der Waals surface area contributed by atoms with Gasteiger partial charge in [0.2, 0.25) is 5.91 Å². The summed E-state index contributed by atoms with van der Waals surface area (Å²) in [6.07, 6.45) is 5.06. The molecular weight excluding hydrogens is 380 g/mol. The number of aromatic amines is 2. The van der Waals surface area contributed by atoms with Crippen LogP contribution in [0.2, 0.25) is 0 Å². The third-order valence-electron chi connectivity index (χ3n) is 3.93. The number of H-pyrrole nitrogens is 2. The lowest BCUT2D eigenvalue weighted by Crippen LogP contribution is -2.32. The molecule has 0 unspecified atom stereocenters. The molecule has 4 aromatic rings. The zero-order valence-electron chi connectivity index (χ0n) is 14.3. The second-order valence-corrected chi connectivity index (χ2v) is 7.44. The summed E-state index contributed by atoms with van der Waals surface area (Å²) in [5.41, 5.74) is 2.93. The van der Waals surface area contributed by atoms with Crippen molar-refractivity contribution < 1.29 is 4.79 Å². The molecule has 3 heterocycles. The number of carbonyl (C=O) groups is 1. The van der Waals surface area contributed by atoms with Gasteiger partial charge in [0.25, 0.3) is 0 Å². The first-order valence-corrected chi connectivity index (χ1v) is 10.0. The molecule has 3 aromatic heterocycles. The zero-order valence-corrected chi connectivity index (χ0v) is 15.9. The lowest BCUT2D eigenvalue weighted by atomic mass is 10.1. The van der Waals surface area contributed by atoms with Gasteiger partial charge in [0.15, 0.2) is 10.3 Å². The Labute approximate surface area is 163 Å². The van der Waals surface area contributed by atoms with E-state index in [1.165, 1.54) is 29.4 Å². The van der Waals surface area contributed by atoms with Crippen LogP contribution in [0.1, 0.15) is 0 Å². The van der Waals surface area contributed by atoms with Crippen LogP contribution in [0.15, 0.2) is 60.0 Å². The smallest absolute Gasteiger partial charge is 0.239 e. The predicted molar refractivity (Wildman–Crippen MR) is 109 cm³/mol. The molecular formula is C18H16N6OS2. The van der Waals surface area contributed by atoms with Crippen LogP contribution in [0.25, 0.3) is 22.2 Å². The van der Waals surface area contributed by atoms with E-state index in [1.54, 1.807) is 11.0 Å². The first-order valence-electron chi connectivity index (χ1n) is 8.17. The summed E-state index contributed by atoms with van der Waals surface area (Å²) in [7, 11) is 0. The van der Waals surface area contributed by atoms with E-state index in [1.807, 2.05) is 29.8 Å². The van der Waals surface area contributed by atoms with Gasteiger partial charge in [-0.05, 0) is 6.07 Å². The number of aromatic nitrogens is 5. The fraction of sp³-hybridized carbons (Fsp3) is 0.111. The van der Waals surface area contributed by atoms with Gasteiger partial charge in [0.1, 0.15) is 6.33 Å². The lowest BCUT2D eigenvalue weighted by molar-refractivity contribution is -0.116. The number of hydrogen-bond acceptors (Lipinski definition) is 6. The summed E-state index contributed by atoms with van der Waals surface area (Å²) in [5, 5.41) is 10.9. The van der Waals surface area contributed by atoms with Crippen LogP contribution in [-0.4, -0.2) is 43.4 Å². The van der Waals surface area contributed by atoms with Gasteiger partial charge in [-0.25, -0.2) is 9.97 Å². The van der Waals surface area contributed by atoms with Gasteiger partial charge >= 0.3 is 0 Å². The van der Waals surface area contributed by atoms with Crippen molar-refractivity contribution in [3.05, 3.63) is 54.8 Å². The number of carbonyl (C=O) groups excluding carboxylic acids is 1. The topological polar surface area (TPSA) is 90.6 Å². The molecule has 0 spiro atoms. The standard InChI is InChI=1S/C18H16N6OS2/c1-2-7-24(16(25)10-26-17-20-11-21-23-17)18-22-15(9-27-18)13-8-19-14-6-4-3-5-12(13)14/h2-6,8-9,11,19H,1,7,10H2,(H,20,21,23). The van der Waals surface area contributed by atoms with Crippen LogP contribution < -0.4 is 4.90 Å². The first kappa shape index (κ1) is 17.5. The van der Waals surface area contributed by atoms with Crippen molar-refractivity contribution in [2.75, 3.05) is 17.2 Å². The predicted octanol–water partition coefficient (Wildman–Crippen LogP) is 3.72. The Morgan fingerprint density at radius 2 is 2.26 bits per heavy atom. The normalized spacial score (nSPS) is 11.0. The van der Waals surface area contributed by atoms with Crippen LogP contribution in [0.3, 0.4) is 0 Å².